The van der Waals surface area contributed by atoms with Crippen LogP contribution in [0.1, 0.15) is 18.1 Å². The average Bonchev–Trinajstić information content (AvgIpc) is 2.28. The molecule has 4 nitrogen and oxygen atoms in total. The van der Waals surface area contributed by atoms with E-state index in [1.54, 1.807) is 6.07 Å². The van der Waals surface area contributed by atoms with Crippen molar-refractivity contribution >= 4 is 0 Å². The summed E-state index contributed by atoms with van der Waals surface area (Å²) >= 11 is 0. The molecule has 96 valence electrons. The molecule has 0 aliphatic heterocycles. The molecule has 1 aromatic rings. The lowest BCUT2D eigenvalue weighted by atomic mass is 10.0. The Morgan fingerprint density at radius 3 is 2.71 bits per heavy atom. The van der Waals surface area contributed by atoms with Gasteiger partial charge in [0.2, 0.25) is 0 Å². The molecule has 0 spiro atoms. The molecular formula is C12H18FNO3. The fourth-order valence-electron chi connectivity index (χ4n) is 1.71. The van der Waals surface area contributed by atoms with Crippen molar-refractivity contribution in [1.29, 1.82) is 0 Å². The minimum atomic E-state index is -1.00. The Labute approximate surface area is 100 Å². The molecule has 2 unspecified atom stereocenters. The van der Waals surface area contributed by atoms with Gasteiger partial charge in [0.1, 0.15) is 11.6 Å². The second kappa shape index (κ2) is 6.54. The first-order valence-corrected chi connectivity index (χ1v) is 5.35. The number of halogens is 1. The largest absolute Gasteiger partial charge is 0.496 e. The van der Waals surface area contributed by atoms with Gasteiger partial charge in [0.15, 0.2) is 0 Å². The van der Waals surface area contributed by atoms with Gasteiger partial charge in [0, 0.05) is 13.2 Å². The van der Waals surface area contributed by atoms with Gasteiger partial charge in [-0.2, -0.15) is 0 Å². The molecule has 3 N–H and O–H groups in total. The molecule has 2 atom stereocenters. The van der Waals surface area contributed by atoms with Crippen molar-refractivity contribution in [2.75, 3.05) is 20.8 Å². The molecule has 0 radical (unpaired) electrons. The van der Waals surface area contributed by atoms with Crippen LogP contribution in [0.5, 0.6) is 5.75 Å². The lowest BCUT2D eigenvalue weighted by Gasteiger charge is -2.18. The first kappa shape index (κ1) is 13.9. The predicted octanol–water partition coefficient (Wildman–Crippen LogP) is 1.23. The highest BCUT2D eigenvalue weighted by molar-refractivity contribution is 5.36. The fourth-order valence-corrected chi connectivity index (χ4v) is 1.71. The molecule has 1 aromatic carbocycles. The highest BCUT2D eigenvalue weighted by Gasteiger charge is 2.20. The Morgan fingerprint density at radius 2 is 2.12 bits per heavy atom. The summed E-state index contributed by atoms with van der Waals surface area (Å²) in [5, 5.41) is 9.95. The van der Waals surface area contributed by atoms with E-state index in [9.17, 15) is 9.50 Å². The number of rotatable bonds is 6. The minimum absolute atomic E-state index is 0.140. The van der Waals surface area contributed by atoms with Gasteiger partial charge in [-0.3, -0.25) is 0 Å². The molecular weight excluding hydrogens is 225 g/mol. The Kier molecular flexibility index (Phi) is 5.34. The zero-order valence-corrected chi connectivity index (χ0v) is 10.0. The van der Waals surface area contributed by atoms with Crippen LogP contribution >= 0.6 is 0 Å². The second-order valence-corrected chi connectivity index (χ2v) is 3.82. The summed E-state index contributed by atoms with van der Waals surface area (Å²) in [5.41, 5.74) is 5.86. The van der Waals surface area contributed by atoms with Crippen LogP contribution in [0.2, 0.25) is 0 Å². The van der Waals surface area contributed by atoms with E-state index < -0.39 is 11.9 Å². The number of aliphatic hydroxyl groups is 1. The summed E-state index contributed by atoms with van der Waals surface area (Å²) < 4.78 is 23.5. The summed E-state index contributed by atoms with van der Waals surface area (Å²) in [7, 11) is 2.95. The minimum Gasteiger partial charge on any atom is -0.496 e. The maximum atomic E-state index is 13.6. The van der Waals surface area contributed by atoms with E-state index in [1.165, 1.54) is 26.4 Å². The number of ether oxygens (including phenoxy) is 2. The standard InChI is InChI=1S/C12H18FNO3/c1-16-7-8(14)6-10(15)12-9(13)4-3-5-11(12)17-2/h3-5,8,10,15H,6-7,14H2,1-2H3. The first-order chi connectivity index (χ1) is 8.10. The topological polar surface area (TPSA) is 64.7 Å². The molecule has 0 amide bonds. The van der Waals surface area contributed by atoms with Gasteiger partial charge < -0.3 is 20.3 Å². The second-order valence-electron chi connectivity index (χ2n) is 3.82. The maximum Gasteiger partial charge on any atom is 0.132 e. The van der Waals surface area contributed by atoms with Gasteiger partial charge in [-0.15, -0.1) is 0 Å². The van der Waals surface area contributed by atoms with Crippen LogP contribution in [0.3, 0.4) is 0 Å². The summed E-state index contributed by atoms with van der Waals surface area (Å²) in [6, 6.07) is 4.06. The number of aliphatic hydroxyl groups excluding tert-OH is 1. The quantitative estimate of drug-likeness (QED) is 0.788. The Balaban J connectivity index is 2.84. The number of hydrogen-bond acceptors (Lipinski definition) is 4. The van der Waals surface area contributed by atoms with Gasteiger partial charge in [0.25, 0.3) is 0 Å². The molecule has 0 bridgehead atoms. The Morgan fingerprint density at radius 1 is 1.41 bits per heavy atom. The average molecular weight is 243 g/mol. The number of nitrogens with two attached hydrogens (primary N) is 1. The zero-order valence-electron chi connectivity index (χ0n) is 10.0. The van der Waals surface area contributed by atoms with Gasteiger partial charge >= 0.3 is 0 Å². The van der Waals surface area contributed by atoms with Crippen LogP contribution in [0.4, 0.5) is 4.39 Å². The van der Waals surface area contributed by atoms with E-state index in [-0.39, 0.29) is 18.0 Å². The summed E-state index contributed by atoms with van der Waals surface area (Å²) in [6.45, 7) is 0.313. The number of methoxy groups -OCH3 is 2. The lowest BCUT2D eigenvalue weighted by Crippen LogP contribution is -2.28. The van der Waals surface area contributed by atoms with Crippen molar-refractivity contribution < 1.29 is 19.0 Å². The third-order valence-corrected chi connectivity index (χ3v) is 2.47. The van der Waals surface area contributed by atoms with E-state index in [2.05, 4.69) is 0 Å². The third kappa shape index (κ3) is 3.66. The van der Waals surface area contributed by atoms with Crippen molar-refractivity contribution in [3.63, 3.8) is 0 Å². The van der Waals surface area contributed by atoms with Crippen LogP contribution < -0.4 is 10.5 Å². The smallest absolute Gasteiger partial charge is 0.132 e. The Hall–Kier alpha value is -1.17. The summed E-state index contributed by atoms with van der Waals surface area (Å²) in [5.74, 6) is -0.177. The van der Waals surface area contributed by atoms with E-state index in [0.717, 1.165) is 0 Å². The van der Waals surface area contributed by atoms with E-state index in [4.69, 9.17) is 15.2 Å². The zero-order chi connectivity index (χ0) is 12.8. The van der Waals surface area contributed by atoms with Gasteiger partial charge in [-0.05, 0) is 18.6 Å². The fraction of sp³-hybridized carbons (Fsp3) is 0.500. The lowest BCUT2D eigenvalue weighted by molar-refractivity contribution is 0.117. The SMILES string of the molecule is COCC(N)CC(O)c1c(F)cccc1OC. The van der Waals surface area contributed by atoms with Crippen molar-refractivity contribution in [3.8, 4) is 5.75 Å². The molecule has 0 aliphatic rings. The van der Waals surface area contributed by atoms with Gasteiger partial charge in [-0.25, -0.2) is 4.39 Å². The number of hydrogen-bond donors (Lipinski definition) is 2. The summed E-state index contributed by atoms with van der Waals surface area (Å²) in [6.07, 6.45) is -0.790. The molecule has 1 rings (SSSR count). The molecule has 0 fully saturated rings. The predicted molar refractivity (Wildman–Crippen MR) is 62.4 cm³/mol. The van der Waals surface area contributed by atoms with E-state index >= 15 is 0 Å². The maximum absolute atomic E-state index is 13.6. The van der Waals surface area contributed by atoms with Crippen LogP contribution in [0.15, 0.2) is 18.2 Å². The van der Waals surface area contributed by atoms with Gasteiger partial charge in [0.05, 0.1) is 25.4 Å². The van der Waals surface area contributed by atoms with Crippen molar-refractivity contribution in [3.05, 3.63) is 29.6 Å². The third-order valence-electron chi connectivity index (χ3n) is 2.47. The summed E-state index contributed by atoms with van der Waals surface area (Å²) in [4.78, 5) is 0. The van der Waals surface area contributed by atoms with Crippen LogP contribution in [-0.2, 0) is 4.74 Å². The van der Waals surface area contributed by atoms with E-state index in [1.807, 2.05) is 0 Å². The van der Waals surface area contributed by atoms with Crippen LogP contribution in [-0.4, -0.2) is 32.0 Å². The Bertz CT molecular complexity index is 360. The normalized spacial score (nSPS) is 14.4. The van der Waals surface area contributed by atoms with Crippen molar-refractivity contribution in [1.82, 2.24) is 0 Å². The van der Waals surface area contributed by atoms with Crippen LogP contribution in [0.25, 0.3) is 0 Å². The molecule has 0 saturated carbocycles. The number of benzene rings is 1. The molecule has 5 heteroatoms. The molecule has 0 aromatic heterocycles. The highest BCUT2D eigenvalue weighted by Crippen LogP contribution is 2.30. The van der Waals surface area contributed by atoms with Crippen molar-refractivity contribution in [2.24, 2.45) is 5.73 Å². The molecule has 0 heterocycles. The van der Waals surface area contributed by atoms with Gasteiger partial charge in [-0.1, -0.05) is 6.07 Å². The van der Waals surface area contributed by atoms with Crippen LogP contribution in [0, 0.1) is 5.82 Å². The monoisotopic (exact) mass is 243 g/mol. The van der Waals surface area contributed by atoms with E-state index in [0.29, 0.717) is 12.4 Å². The molecule has 17 heavy (non-hydrogen) atoms. The first-order valence-electron chi connectivity index (χ1n) is 5.35. The highest BCUT2D eigenvalue weighted by atomic mass is 19.1. The molecule has 0 aliphatic carbocycles. The van der Waals surface area contributed by atoms with Crippen molar-refractivity contribution in [2.45, 2.75) is 18.6 Å². The molecule has 0 saturated heterocycles.